The van der Waals surface area contributed by atoms with Crippen molar-refractivity contribution in [2.24, 2.45) is 0 Å². The molecular weight excluding hydrogens is 278 g/mol. The first-order valence-corrected chi connectivity index (χ1v) is 6.41. The highest BCUT2D eigenvalue weighted by molar-refractivity contribution is 6.30. The molecule has 104 valence electrons. The maximum atomic E-state index is 11.7. The van der Waals surface area contributed by atoms with Crippen LogP contribution in [0.15, 0.2) is 42.6 Å². The fraction of sp³-hybridized carbons (Fsp3) is 0.143. The third-order valence-electron chi connectivity index (χ3n) is 2.52. The Morgan fingerprint density at radius 2 is 2.10 bits per heavy atom. The number of hydrogen-bond donors (Lipinski definition) is 2. The van der Waals surface area contributed by atoms with Crippen LogP contribution < -0.4 is 15.8 Å². The number of benzene rings is 1. The lowest BCUT2D eigenvalue weighted by Crippen LogP contribution is -2.28. The molecule has 0 saturated carbocycles. The van der Waals surface area contributed by atoms with Crippen LogP contribution in [0.4, 0.5) is 5.69 Å². The average molecular weight is 292 g/mol. The molecule has 1 amide bonds. The van der Waals surface area contributed by atoms with E-state index < -0.39 is 0 Å². The Morgan fingerprint density at radius 3 is 2.80 bits per heavy atom. The van der Waals surface area contributed by atoms with E-state index in [-0.39, 0.29) is 5.91 Å². The summed E-state index contributed by atoms with van der Waals surface area (Å²) >= 11 is 5.70. The van der Waals surface area contributed by atoms with Gasteiger partial charge in [0.2, 0.25) is 0 Å². The molecule has 1 heterocycles. The Balaban J connectivity index is 1.77. The van der Waals surface area contributed by atoms with Gasteiger partial charge in [0.15, 0.2) is 0 Å². The van der Waals surface area contributed by atoms with Gasteiger partial charge >= 0.3 is 0 Å². The molecule has 0 atom stereocenters. The van der Waals surface area contributed by atoms with Crippen molar-refractivity contribution in [2.45, 2.75) is 0 Å². The predicted molar refractivity (Wildman–Crippen MR) is 77.9 cm³/mol. The van der Waals surface area contributed by atoms with Crippen LogP contribution in [0, 0.1) is 0 Å². The van der Waals surface area contributed by atoms with Gasteiger partial charge in [-0.3, -0.25) is 4.79 Å². The van der Waals surface area contributed by atoms with E-state index in [1.807, 2.05) is 12.1 Å². The van der Waals surface area contributed by atoms with Crippen LogP contribution in [0.3, 0.4) is 0 Å². The third kappa shape index (κ3) is 3.86. The molecule has 0 saturated heterocycles. The molecule has 6 heteroatoms. The van der Waals surface area contributed by atoms with Crippen LogP contribution in [0.5, 0.6) is 5.75 Å². The quantitative estimate of drug-likeness (QED) is 0.653. The molecule has 0 radical (unpaired) electrons. The van der Waals surface area contributed by atoms with Gasteiger partial charge in [-0.15, -0.1) is 0 Å². The predicted octanol–water partition coefficient (Wildman–Crippen LogP) is 2.13. The summed E-state index contributed by atoms with van der Waals surface area (Å²) in [6.07, 6.45) is 1.43. The van der Waals surface area contributed by atoms with E-state index in [0.717, 1.165) is 0 Å². The van der Waals surface area contributed by atoms with Gasteiger partial charge in [-0.25, -0.2) is 4.98 Å². The molecule has 0 spiro atoms. The van der Waals surface area contributed by atoms with Crippen molar-refractivity contribution in [1.29, 1.82) is 0 Å². The van der Waals surface area contributed by atoms with E-state index in [1.54, 1.807) is 24.3 Å². The highest BCUT2D eigenvalue weighted by atomic mass is 35.5. The zero-order valence-electron chi connectivity index (χ0n) is 10.7. The topological polar surface area (TPSA) is 77.2 Å². The minimum absolute atomic E-state index is 0.272. The Morgan fingerprint density at radius 1 is 1.30 bits per heavy atom. The van der Waals surface area contributed by atoms with Crippen molar-refractivity contribution in [3.63, 3.8) is 0 Å². The zero-order valence-corrected chi connectivity index (χ0v) is 11.4. The molecule has 0 bridgehead atoms. The van der Waals surface area contributed by atoms with E-state index in [0.29, 0.717) is 35.3 Å². The molecule has 0 aliphatic heterocycles. The SMILES string of the molecule is Nc1ccccc1OCCNC(=O)c1ccc(Cl)cn1. The van der Waals surface area contributed by atoms with E-state index >= 15 is 0 Å². The maximum Gasteiger partial charge on any atom is 0.269 e. The number of ether oxygens (including phenoxy) is 1. The number of nitrogens with zero attached hydrogens (tertiary/aromatic N) is 1. The highest BCUT2D eigenvalue weighted by Gasteiger charge is 2.06. The number of pyridine rings is 1. The summed E-state index contributed by atoms with van der Waals surface area (Å²) in [5.41, 5.74) is 6.61. The zero-order chi connectivity index (χ0) is 14.4. The molecule has 0 aliphatic rings. The second kappa shape index (κ2) is 6.77. The number of rotatable bonds is 5. The molecule has 2 aromatic rings. The van der Waals surface area contributed by atoms with Crippen molar-refractivity contribution >= 4 is 23.2 Å². The molecule has 2 rings (SSSR count). The normalized spacial score (nSPS) is 10.1. The molecule has 1 aromatic carbocycles. The Kier molecular flexibility index (Phi) is 4.79. The van der Waals surface area contributed by atoms with Gasteiger partial charge in [0.1, 0.15) is 18.1 Å². The first kappa shape index (κ1) is 14.1. The molecule has 5 nitrogen and oxygen atoms in total. The first-order chi connectivity index (χ1) is 9.66. The van der Waals surface area contributed by atoms with Crippen LogP contribution in [-0.2, 0) is 0 Å². The van der Waals surface area contributed by atoms with Crippen LogP contribution in [-0.4, -0.2) is 24.0 Å². The lowest BCUT2D eigenvalue weighted by atomic mass is 10.3. The molecule has 0 unspecified atom stereocenters. The summed E-state index contributed by atoms with van der Waals surface area (Å²) in [7, 11) is 0. The Labute approximate surface area is 121 Å². The van der Waals surface area contributed by atoms with E-state index in [1.165, 1.54) is 6.20 Å². The number of nitrogens with one attached hydrogen (secondary N) is 1. The van der Waals surface area contributed by atoms with Gasteiger partial charge in [0.05, 0.1) is 17.3 Å². The molecular formula is C14H14ClN3O2. The van der Waals surface area contributed by atoms with Crippen molar-refractivity contribution in [1.82, 2.24) is 10.3 Å². The highest BCUT2D eigenvalue weighted by Crippen LogP contribution is 2.19. The number of halogens is 1. The molecule has 20 heavy (non-hydrogen) atoms. The standard InChI is InChI=1S/C14H14ClN3O2/c15-10-5-6-12(18-9-10)14(19)17-7-8-20-13-4-2-1-3-11(13)16/h1-6,9H,7-8,16H2,(H,17,19). The molecule has 0 aliphatic carbocycles. The summed E-state index contributed by atoms with van der Waals surface area (Å²) in [5, 5.41) is 3.19. The van der Waals surface area contributed by atoms with Gasteiger partial charge in [-0.1, -0.05) is 23.7 Å². The van der Waals surface area contributed by atoms with Gasteiger partial charge in [0, 0.05) is 6.20 Å². The fourth-order valence-corrected chi connectivity index (χ4v) is 1.65. The van der Waals surface area contributed by atoms with Crippen molar-refractivity contribution in [3.8, 4) is 5.75 Å². The number of anilines is 1. The fourth-order valence-electron chi connectivity index (χ4n) is 1.54. The molecule has 1 aromatic heterocycles. The minimum atomic E-state index is -0.272. The number of hydrogen-bond acceptors (Lipinski definition) is 4. The number of amides is 1. The Hall–Kier alpha value is -2.27. The Bertz CT molecular complexity index is 587. The van der Waals surface area contributed by atoms with E-state index in [9.17, 15) is 4.79 Å². The van der Waals surface area contributed by atoms with Gasteiger partial charge in [-0.2, -0.15) is 0 Å². The summed E-state index contributed by atoms with van der Waals surface area (Å²) in [4.78, 5) is 15.7. The van der Waals surface area contributed by atoms with Gasteiger partial charge in [-0.05, 0) is 24.3 Å². The number of carbonyl (C=O) groups is 1. The van der Waals surface area contributed by atoms with E-state index in [2.05, 4.69) is 10.3 Å². The minimum Gasteiger partial charge on any atom is -0.490 e. The third-order valence-corrected chi connectivity index (χ3v) is 2.75. The number of carbonyl (C=O) groups excluding carboxylic acids is 1. The number of nitrogens with two attached hydrogens (primary N) is 1. The first-order valence-electron chi connectivity index (χ1n) is 6.04. The van der Waals surface area contributed by atoms with E-state index in [4.69, 9.17) is 22.1 Å². The second-order valence-electron chi connectivity index (χ2n) is 4.00. The van der Waals surface area contributed by atoms with Crippen LogP contribution in [0.25, 0.3) is 0 Å². The summed E-state index contributed by atoms with van der Waals surface area (Å²) in [5.74, 6) is 0.331. The summed E-state index contributed by atoms with van der Waals surface area (Å²) in [6, 6.07) is 10.4. The van der Waals surface area contributed by atoms with Gasteiger partial charge in [0.25, 0.3) is 5.91 Å². The largest absolute Gasteiger partial charge is 0.490 e. The van der Waals surface area contributed by atoms with Crippen LogP contribution in [0.2, 0.25) is 5.02 Å². The van der Waals surface area contributed by atoms with Crippen LogP contribution >= 0.6 is 11.6 Å². The number of aromatic nitrogens is 1. The molecule has 3 N–H and O–H groups in total. The van der Waals surface area contributed by atoms with Crippen LogP contribution in [0.1, 0.15) is 10.5 Å². The lowest BCUT2D eigenvalue weighted by molar-refractivity contribution is 0.0942. The van der Waals surface area contributed by atoms with Crippen molar-refractivity contribution in [2.75, 3.05) is 18.9 Å². The number of para-hydroxylation sites is 2. The van der Waals surface area contributed by atoms with Crippen molar-refractivity contribution in [3.05, 3.63) is 53.3 Å². The second-order valence-corrected chi connectivity index (χ2v) is 4.44. The lowest BCUT2D eigenvalue weighted by Gasteiger charge is -2.09. The average Bonchev–Trinajstić information content (AvgIpc) is 2.46. The monoisotopic (exact) mass is 291 g/mol. The van der Waals surface area contributed by atoms with Crippen molar-refractivity contribution < 1.29 is 9.53 Å². The smallest absolute Gasteiger partial charge is 0.269 e. The molecule has 0 fully saturated rings. The summed E-state index contributed by atoms with van der Waals surface area (Å²) < 4.78 is 5.46. The number of nitrogen functional groups attached to an aromatic ring is 1. The maximum absolute atomic E-state index is 11.7. The summed E-state index contributed by atoms with van der Waals surface area (Å²) in [6.45, 7) is 0.686. The van der Waals surface area contributed by atoms with Gasteiger partial charge < -0.3 is 15.8 Å².